The lowest BCUT2D eigenvalue weighted by atomic mass is 10.1. The molecule has 1 saturated heterocycles. The Balaban J connectivity index is 2.34. The van der Waals surface area contributed by atoms with Crippen molar-refractivity contribution >= 4 is 33.5 Å². The predicted octanol–water partition coefficient (Wildman–Crippen LogP) is 1.84. The lowest BCUT2D eigenvalue weighted by molar-refractivity contribution is -0.117. The molecule has 1 aromatic rings. The van der Waals surface area contributed by atoms with E-state index in [-0.39, 0.29) is 23.1 Å². The summed E-state index contributed by atoms with van der Waals surface area (Å²) in [5.74, 6) is -1.12. The molecule has 0 spiro atoms. The van der Waals surface area contributed by atoms with E-state index in [1.165, 1.54) is 17.0 Å². The number of carbonyl (C=O) groups excluding carboxylic acids is 1. The van der Waals surface area contributed by atoms with Crippen LogP contribution in [0.25, 0.3) is 0 Å². The van der Waals surface area contributed by atoms with E-state index in [1.54, 1.807) is 0 Å². The standard InChI is InChI=1S/C12H12BrNO4/c13-5-7-1-11(16)14(6-7)9-2-8(12(17)18)3-10(15)4-9/h2-4,7,15H,1,5-6H2,(H,17,18). The Morgan fingerprint density at radius 3 is 2.72 bits per heavy atom. The van der Waals surface area contributed by atoms with Gasteiger partial charge in [-0.15, -0.1) is 0 Å². The molecule has 1 unspecified atom stereocenters. The third kappa shape index (κ3) is 2.48. The van der Waals surface area contributed by atoms with Gasteiger partial charge in [0, 0.05) is 30.0 Å². The van der Waals surface area contributed by atoms with Crippen LogP contribution in [0.3, 0.4) is 0 Å². The molecule has 1 fully saturated rings. The van der Waals surface area contributed by atoms with Gasteiger partial charge in [-0.3, -0.25) is 4.79 Å². The number of alkyl halides is 1. The normalized spacial score (nSPS) is 19.3. The molecule has 1 aliphatic heterocycles. The molecule has 2 N–H and O–H groups in total. The number of hydrogen-bond donors (Lipinski definition) is 2. The van der Waals surface area contributed by atoms with Crippen molar-refractivity contribution in [3.8, 4) is 5.75 Å². The Kier molecular flexibility index (Phi) is 3.56. The maximum absolute atomic E-state index is 11.8. The number of halogens is 1. The van der Waals surface area contributed by atoms with E-state index in [4.69, 9.17) is 5.11 Å². The fraction of sp³-hybridized carbons (Fsp3) is 0.333. The number of aromatic carboxylic acids is 1. The summed E-state index contributed by atoms with van der Waals surface area (Å²) in [7, 11) is 0. The number of carboxylic acids is 1. The van der Waals surface area contributed by atoms with Crippen LogP contribution in [-0.4, -0.2) is 34.0 Å². The zero-order chi connectivity index (χ0) is 13.3. The van der Waals surface area contributed by atoms with Crippen molar-refractivity contribution in [2.45, 2.75) is 6.42 Å². The number of nitrogens with zero attached hydrogens (tertiary/aromatic N) is 1. The molecule has 1 aliphatic rings. The van der Waals surface area contributed by atoms with E-state index in [2.05, 4.69) is 15.9 Å². The SMILES string of the molecule is O=C(O)c1cc(O)cc(N2CC(CBr)CC2=O)c1. The van der Waals surface area contributed by atoms with Gasteiger partial charge in [0.1, 0.15) is 5.75 Å². The van der Waals surface area contributed by atoms with E-state index in [0.717, 1.165) is 11.4 Å². The fourth-order valence-electron chi connectivity index (χ4n) is 2.01. The maximum atomic E-state index is 11.8. The second kappa shape index (κ2) is 4.97. The van der Waals surface area contributed by atoms with Gasteiger partial charge in [-0.2, -0.15) is 0 Å². The van der Waals surface area contributed by atoms with Crippen LogP contribution in [0.15, 0.2) is 18.2 Å². The van der Waals surface area contributed by atoms with E-state index in [1.807, 2.05) is 0 Å². The molecule has 1 atom stereocenters. The number of phenols is 1. The number of anilines is 1. The molecular weight excluding hydrogens is 302 g/mol. The predicted molar refractivity (Wildman–Crippen MR) is 69.3 cm³/mol. The lowest BCUT2D eigenvalue weighted by Gasteiger charge is -2.17. The van der Waals surface area contributed by atoms with Gasteiger partial charge in [0.2, 0.25) is 5.91 Å². The highest BCUT2D eigenvalue weighted by molar-refractivity contribution is 9.09. The van der Waals surface area contributed by atoms with Crippen LogP contribution in [0.1, 0.15) is 16.8 Å². The average molecular weight is 314 g/mol. The van der Waals surface area contributed by atoms with Crippen molar-refractivity contribution in [1.29, 1.82) is 0 Å². The number of amides is 1. The lowest BCUT2D eigenvalue weighted by Crippen LogP contribution is -2.24. The van der Waals surface area contributed by atoms with Crippen molar-refractivity contribution in [3.05, 3.63) is 23.8 Å². The Bertz CT molecular complexity index is 503. The molecule has 0 saturated carbocycles. The van der Waals surface area contributed by atoms with Crippen molar-refractivity contribution in [3.63, 3.8) is 0 Å². The minimum Gasteiger partial charge on any atom is -0.508 e. The highest BCUT2D eigenvalue weighted by Crippen LogP contribution is 2.29. The topological polar surface area (TPSA) is 77.8 Å². The third-order valence-electron chi connectivity index (χ3n) is 2.88. The first-order chi connectivity index (χ1) is 8.51. The second-order valence-electron chi connectivity index (χ2n) is 4.27. The average Bonchev–Trinajstić information content (AvgIpc) is 2.69. The highest BCUT2D eigenvalue weighted by Gasteiger charge is 2.30. The fourth-order valence-corrected chi connectivity index (χ4v) is 2.44. The van der Waals surface area contributed by atoms with Crippen LogP contribution in [-0.2, 0) is 4.79 Å². The summed E-state index contributed by atoms with van der Waals surface area (Å²) in [6.45, 7) is 0.534. The first kappa shape index (κ1) is 12.9. The monoisotopic (exact) mass is 313 g/mol. The van der Waals surface area contributed by atoms with Crippen LogP contribution in [0.2, 0.25) is 0 Å². The van der Waals surface area contributed by atoms with Gasteiger partial charge in [-0.05, 0) is 18.1 Å². The van der Waals surface area contributed by atoms with Crippen molar-refractivity contribution in [2.75, 3.05) is 16.8 Å². The number of hydrogen-bond acceptors (Lipinski definition) is 3. The van der Waals surface area contributed by atoms with Crippen molar-refractivity contribution < 1.29 is 19.8 Å². The maximum Gasteiger partial charge on any atom is 0.335 e. The molecule has 0 bridgehead atoms. The van der Waals surface area contributed by atoms with Gasteiger partial charge in [-0.25, -0.2) is 4.79 Å². The van der Waals surface area contributed by atoms with Crippen LogP contribution in [0, 0.1) is 5.92 Å². The molecule has 0 aromatic heterocycles. The molecule has 2 rings (SSSR count). The Morgan fingerprint density at radius 1 is 1.44 bits per heavy atom. The van der Waals surface area contributed by atoms with Gasteiger partial charge in [0.25, 0.3) is 0 Å². The molecule has 0 aliphatic carbocycles. The smallest absolute Gasteiger partial charge is 0.335 e. The second-order valence-corrected chi connectivity index (χ2v) is 4.92. The summed E-state index contributed by atoms with van der Waals surface area (Å²) >= 11 is 3.33. The summed E-state index contributed by atoms with van der Waals surface area (Å²) < 4.78 is 0. The summed E-state index contributed by atoms with van der Waals surface area (Å²) in [5.41, 5.74) is 0.404. The van der Waals surface area contributed by atoms with Gasteiger partial charge in [0.05, 0.1) is 5.56 Å². The quantitative estimate of drug-likeness (QED) is 0.835. The Morgan fingerprint density at radius 2 is 2.17 bits per heavy atom. The minimum absolute atomic E-state index is 0.0277. The summed E-state index contributed by atoms with van der Waals surface area (Å²) in [6.07, 6.45) is 0.434. The zero-order valence-electron chi connectivity index (χ0n) is 9.47. The van der Waals surface area contributed by atoms with Crippen molar-refractivity contribution in [1.82, 2.24) is 0 Å². The number of benzene rings is 1. The first-order valence-corrected chi connectivity index (χ1v) is 6.57. The Hall–Kier alpha value is -1.56. The van der Waals surface area contributed by atoms with Crippen LogP contribution >= 0.6 is 15.9 Å². The van der Waals surface area contributed by atoms with Gasteiger partial charge < -0.3 is 15.1 Å². The van der Waals surface area contributed by atoms with Crippen LogP contribution in [0.5, 0.6) is 5.75 Å². The number of carboxylic acid groups (broad SMARTS) is 1. The molecule has 1 heterocycles. The summed E-state index contributed by atoms with van der Waals surface area (Å²) in [4.78, 5) is 24.2. The number of rotatable bonds is 3. The molecule has 6 heteroatoms. The first-order valence-electron chi connectivity index (χ1n) is 5.45. The highest BCUT2D eigenvalue weighted by atomic mass is 79.9. The minimum atomic E-state index is -1.13. The molecule has 5 nitrogen and oxygen atoms in total. The number of phenolic OH excluding ortho intramolecular Hbond substituents is 1. The van der Waals surface area contributed by atoms with E-state index in [0.29, 0.717) is 18.7 Å². The van der Waals surface area contributed by atoms with Gasteiger partial charge in [-0.1, -0.05) is 15.9 Å². The molecule has 18 heavy (non-hydrogen) atoms. The largest absolute Gasteiger partial charge is 0.508 e. The van der Waals surface area contributed by atoms with Crippen molar-refractivity contribution in [2.24, 2.45) is 5.92 Å². The van der Waals surface area contributed by atoms with Gasteiger partial charge in [0.15, 0.2) is 0 Å². The molecular formula is C12H12BrNO4. The van der Waals surface area contributed by atoms with E-state index in [9.17, 15) is 14.7 Å². The molecule has 96 valence electrons. The molecule has 1 amide bonds. The molecule has 1 aromatic carbocycles. The van der Waals surface area contributed by atoms with Crippen LogP contribution in [0.4, 0.5) is 5.69 Å². The number of carbonyl (C=O) groups is 2. The third-order valence-corrected chi connectivity index (χ3v) is 3.80. The Labute approximate surface area is 112 Å². The van der Waals surface area contributed by atoms with E-state index >= 15 is 0 Å². The van der Waals surface area contributed by atoms with E-state index < -0.39 is 5.97 Å². The number of aromatic hydroxyl groups is 1. The van der Waals surface area contributed by atoms with Crippen LogP contribution < -0.4 is 4.90 Å². The zero-order valence-corrected chi connectivity index (χ0v) is 11.1. The summed E-state index contributed by atoms with van der Waals surface area (Å²) in [6, 6.07) is 3.96. The molecule has 0 radical (unpaired) electrons. The van der Waals surface area contributed by atoms with Gasteiger partial charge >= 0.3 is 5.97 Å². The summed E-state index contributed by atoms with van der Waals surface area (Å²) in [5, 5.41) is 19.1.